The second-order valence-electron chi connectivity index (χ2n) is 8.63. The highest BCUT2D eigenvalue weighted by Crippen LogP contribution is 2.28. The lowest BCUT2D eigenvalue weighted by molar-refractivity contribution is -0.192. The van der Waals surface area contributed by atoms with Gasteiger partial charge in [-0.05, 0) is 50.1 Å². The third-order valence-electron chi connectivity index (χ3n) is 5.86. The molecule has 0 atom stereocenters. The molecule has 1 saturated heterocycles. The van der Waals surface area contributed by atoms with Crippen LogP contribution in [0.1, 0.15) is 28.9 Å². The van der Waals surface area contributed by atoms with E-state index in [0.29, 0.717) is 11.5 Å². The fourth-order valence-electron chi connectivity index (χ4n) is 3.90. The molecule has 0 radical (unpaired) electrons. The number of carboxylic acid groups (broad SMARTS) is 1. The third-order valence-corrected chi connectivity index (χ3v) is 5.86. The highest BCUT2D eigenvalue weighted by atomic mass is 19.4. The molecule has 2 aromatic heterocycles. The summed E-state index contributed by atoms with van der Waals surface area (Å²) in [5, 5.41) is 11.3. The van der Waals surface area contributed by atoms with Gasteiger partial charge < -0.3 is 15.3 Å². The Labute approximate surface area is 216 Å². The van der Waals surface area contributed by atoms with Crippen LogP contribution in [0, 0.1) is 6.92 Å². The van der Waals surface area contributed by atoms with E-state index in [9.17, 15) is 18.0 Å². The van der Waals surface area contributed by atoms with E-state index < -0.39 is 12.1 Å². The minimum absolute atomic E-state index is 0.0994. The third kappa shape index (κ3) is 6.41. The van der Waals surface area contributed by atoms with Crippen molar-refractivity contribution in [3.05, 3.63) is 78.2 Å². The number of aliphatic carboxylic acids is 1. The number of hydrogen-bond acceptors (Lipinski definition) is 6. The highest BCUT2D eigenvalue weighted by Gasteiger charge is 2.38. The molecule has 4 aromatic rings. The van der Waals surface area contributed by atoms with Crippen molar-refractivity contribution >= 4 is 34.4 Å². The molecule has 0 bridgehead atoms. The Kier molecular flexibility index (Phi) is 7.85. The van der Waals surface area contributed by atoms with Gasteiger partial charge >= 0.3 is 12.1 Å². The molecule has 11 heteroatoms. The Hall–Kier alpha value is -4.54. The van der Waals surface area contributed by atoms with Gasteiger partial charge in [-0.25, -0.2) is 14.8 Å². The number of aromatic nitrogens is 3. The predicted molar refractivity (Wildman–Crippen MR) is 136 cm³/mol. The number of amides is 1. The number of nitrogens with zero attached hydrogens (tertiary/aromatic N) is 4. The Morgan fingerprint density at radius 1 is 0.947 bits per heavy atom. The molecule has 0 spiro atoms. The lowest BCUT2D eigenvalue weighted by atomic mass is 10.0. The molecule has 38 heavy (non-hydrogen) atoms. The maximum absolute atomic E-state index is 12.5. The van der Waals surface area contributed by atoms with Gasteiger partial charge in [0.1, 0.15) is 0 Å². The van der Waals surface area contributed by atoms with E-state index in [2.05, 4.69) is 21.4 Å². The molecule has 2 aromatic carbocycles. The van der Waals surface area contributed by atoms with E-state index in [1.807, 2.05) is 72.7 Å². The number of carbonyl (C=O) groups excluding carboxylic acids is 1. The first-order chi connectivity index (χ1) is 18.1. The zero-order valence-electron chi connectivity index (χ0n) is 20.4. The molecule has 3 heterocycles. The normalized spacial score (nSPS) is 13.1. The van der Waals surface area contributed by atoms with Crippen LogP contribution in [0.15, 0.2) is 67.0 Å². The highest BCUT2D eigenvalue weighted by molar-refractivity contribution is 5.95. The molecule has 1 amide bonds. The van der Waals surface area contributed by atoms with E-state index in [1.165, 1.54) is 0 Å². The van der Waals surface area contributed by atoms with Gasteiger partial charge in [-0.15, -0.1) is 0 Å². The van der Waals surface area contributed by atoms with Crippen LogP contribution < -0.4 is 5.32 Å². The second kappa shape index (κ2) is 11.2. The van der Waals surface area contributed by atoms with Gasteiger partial charge in [0.15, 0.2) is 0 Å². The smallest absolute Gasteiger partial charge is 0.475 e. The second-order valence-corrected chi connectivity index (χ2v) is 8.63. The van der Waals surface area contributed by atoms with E-state index in [4.69, 9.17) is 14.9 Å². The Balaban J connectivity index is 0.000000426. The minimum atomic E-state index is -5.08. The average Bonchev–Trinajstić information content (AvgIpc) is 3.44. The summed E-state index contributed by atoms with van der Waals surface area (Å²) < 4.78 is 31.7. The summed E-state index contributed by atoms with van der Waals surface area (Å²) in [5.41, 5.74) is 5.43. The number of benzene rings is 2. The monoisotopic (exact) mass is 523 g/mol. The van der Waals surface area contributed by atoms with Crippen molar-refractivity contribution in [2.75, 3.05) is 18.4 Å². The van der Waals surface area contributed by atoms with Gasteiger partial charge in [0.25, 0.3) is 5.91 Å². The molecular weight excluding hydrogens is 499 g/mol. The van der Waals surface area contributed by atoms with E-state index >= 15 is 0 Å². The van der Waals surface area contributed by atoms with E-state index in [-0.39, 0.29) is 5.91 Å². The van der Waals surface area contributed by atoms with Crippen LogP contribution in [0.3, 0.4) is 0 Å². The van der Waals surface area contributed by atoms with Crippen LogP contribution >= 0.6 is 0 Å². The topological polar surface area (TPSA) is 108 Å². The molecule has 8 nitrogen and oxygen atoms in total. The number of para-hydroxylation sites is 1. The van der Waals surface area contributed by atoms with Gasteiger partial charge in [0.2, 0.25) is 5.95 Å². The predicted octanol–water partition coefficient (Wildman–Crippen LogP) is 5.61. The first-order valence-electron chi connectivity index (χ1n) is 11.8. The first kappa shape index (κ1) is 26.5. The van der Waals surface area contributed by atoms with E-state index in [1.54, 1.807) is 0 Å². The van der Waals surface area contributed by atoms with Gasteiger partial charge in [-0.1, -0.05) is 24.3 Å². The van der Waals surface area contributed by atoms with Crippen molar-refractivity contribution in [2.24, 2.45) is 0 Å². The van der Waals surface area contributed by atoms with Crippen LogP contribution in [0.4, 0.5) is 24.8 Å². The van der Waals surface area contributed by atoms with Gasteiger partial charge in [0.05, 0.1) is 5.52 Å². The number of aryl methyl sites for hydroxylation is 1. The molecule has 0 aliphatic carbocycles. The fourth-order valence-corrected chi connectivity index (χ4v) is 3.90. The summed E-state index contributed by atoms with van der Waals surface area (Å²) in [6, 6.07) is 17.6. The van der Waals surface area contributed by atoms with Gasteiger partial charge in [-0.3, -0.25) is 9.78 Å². The molecular formula is C27H24F3N5O3. The van der Waals surface area contributed by atoms with Crippen molar-refractivity contribution in [1.82, 2.24) is 19.9 Å². The standard InChI is InChI=1S/C25H23N5O.C2HF3O2/c1-17-7-8-19(15-26-17)22-6-4-5-20-16-27-25(29-23(20)22)28-21-11-9-18(10-12-21)24(31)30-13-2-3-14-30;3-2(4,5)1(6)7/h4-12,15-16H,2-3,13-14H2,1H3,(H,27,28,29);(H,6,7). The zero-order chi connectivity index (χ0) is 27.3. The maximum Gasteiger partial charge on any atom is 0.490 e. The number of carbonyl (C=O) groups is 2. The van der Waals surface area contributed by atoms with Crippen molar-refractivity contribution < 1.29 is 27.9 Å². The van der Waals surface area contributed by atoms with Crippen molar-refractivity contribution in [3.63, 3.8) is 0 Å². The summed E-state index contributed by atoms with van der Waals surface area (Å²) in [7, 11) is 0. The molecule has 1 aliphatic heterocycles. The molecule has 2 N–H and O–H groups in total. The Morgan fingerprint density at radius 2 is 1.63 bits per heavy atom. The summed E-state index contributed by atoms with van der Waals surface area (Å²) in [6.07, 6.45) is 0.785. The SMILES string of the molecule is Cc1ccc(-c2cccc3cnc(Nc4ccc(C(=O)N5CCCC5)cc4)nc23)cn1.O=C(O)C(F)(F)F. The van der Waals surface area contributed by atoms with E-state index in [0.717, 1.165) is 59.3 Å². The zero-order valence-corrected chi connectivity index (χ0v) is 20.4. The van der Waals surface area contributed by atoms with Crippen LogP contribution in [-0.4, -0.2) is 56.1 Å². The van der Waals surface area contributed by atoms with Gasteiger partial charge in [-0.2, -0.15) is 13.2 Å². The molecule has 0 unspecified atom stereocenters. The largest absolute Gasteiger partial charge is 0.490 e. The Bertz CT molecular complexity index is 1440. The Morgan fingerprint density at radius 3 is 2.24 bits per heavy atom. The van der Waals surface area contributed by atoms with Crippen molar-refractivity contribution in [2.45, 2.75) is 25.9 Å². The number of carboxylic acids is 1. The number of pyridine rings is 1. The number of likely N-dealkylation sites (tertiary alicyclic amines) is 1. The maximum atomic E-state index is 12.5. The average molecular weight is 524 g/mol. The summed E-state index contributed by atoms with van der Waals surface area (Å²) in [5.74, 6) is -2.14. The fraction of sp³-hybridized carbons (Fsp3) is 0.222. The number of hydrogen-bond donors (Lipinski definition) is 2. The van der Waals surface area contributed by atoms with Crippen molar-refractivity contribution in [1.29, 1.82) is 0 Å². The number of halogens is 3. The molecule has 1 aliphatic rings. The number of fused-ring (bicyclic) bond motifs is 1. The summed E-state index contributed by atoms with van der Waals surface area (Å²) in [6.45, 7) is 3.67. The molecule has 196 valence electrons. The lowest BCUT2D eigenvalue weighted by Gasteiger charge is -2.15. The van der Waals surface area contributed by atoms with Crippen LogP contribution in [-0.2, 0) is 4.79 Å². The quantitative estimate of drug-likeness (QED) is 0.358. The number of alkyl halides is 3. The van der Waals surface area contributed by atoms with Crippen LogP contribution in [0.2, 0.25) is 0 Å². The molecule has 1 fully saturated rings. The molecule has 5 rings (SSSR count). The van der Waals surface area contributed by atoms with Crippen molar-refractivity contribution in [3.8, 4) is 11.1 Å². The van der Waals surface area contributed by atoms with Crippen LogP contribution in [0.25, 0.3) is 22.0 Å². The number of rotatable bonds is 4. The number of anilines is 2. The molecule has 0 saturated carbocycles. The minimum Gasteiger partial charge on any atom is -0.475 e. The summed E-state index contributed by atoms with van der Waals surface area (Å²) >= 11 is 0. The van der Waals surface area contributed by atoms with Crippen LogP contribution in [0.5, 0.6) is 0 Å². The first-order valence-corrected chi connectivity index (χ1v) is 11.8. The number of nitrogens with one attached hydrogen (secondary N) is 1. The summed E-state index contributed by atoms with van der Waals surface area (Å²) in [4.78, 5) is 37.0. The van der Waals surface area contributed by atoms with Gasteiger partial charge in [0, 0.05) is 58.9 Å². The lowest BCUT2D eigenvalue weighted by Crippen LogP contribution is -2.27.